The van der Waals surface area contributed by atoms with E-state index in [1.165, 1.54) is 29.2 Å². The molecule has 7 heteroatoms. The molecule has 2 aromatic heterocycles. The quantitative estimate of drug-likeness (QED) is 0.519. The molecule has 2 heterocycles. The topological polar surface area (TPSA) is 89.5 Å². The smallest absolute Gasteiger partial charge is 0.269 e. The molecule has 1 aromatic carbocycles. The lowest BCUT2D eigenvalue weighted by atomic mass is 10.1. The number of benzene rings is 1. The summed E-state index contributed by atoms with van der Waals surface area (Å²) in [5, 5.41) is 10.8. The van der Waals surface area contributed by atoms with Crippen LogP contribution in [0, 0.1) is 10.1 Å². The van der Waals surface area contributed by atoms with Gasteiger partial charge in [0.05, 0.1) is 17.2 Å². The van der Waals surface area contributed by atoms with Crippen LogP contribution in [0.3, 0.4) is 0 Å². The van der Waals surface area contributed by atoms with Gasteiger partial charge in [-0.25, -0.2) is 4.98 Å². The predicted octanol–water partition coefficient (Wildman–Crippen LogP) is 3.99. The molecule has 0 spiro atoms. The van der Waals surface area contributed by atoms with Gasteiger partial charge in [-0.3, -0.25) is 19.8 Å². The van der Waals surface area contributed by atoms with Crippen LogP contribution in [0.1, 0.15) is 29.1 Å². The summed E-state index contributed by atoms with van der Waals surface area (Å²) in [4.78, 5) is 29.1. The molecule has 25 heavy (non-hydrogen) atoms. The highest BCUT2D eigenvalue weighted by Crippen LogP contribution is 2.28. The van der Waals surface area contributed by atoms with Gasteiger partial charge in [0.25, 0.3) is 11.6 Å². The highest BCUT2D eigenvalue weighted by atomic mass is 16.6. The monoisotopic (exact) mass is 337 g/mol. The second-order valence-electron chi connectivity index (χ2n) is 5.36. The molecule has 0 aliphatic rings. The summed E-state index contributed by atoms with van der Waals surface area (Å²) in [7, 11) is 0. The fraction of sp³-hybridized carbons (Fsp3) is 0.111. The number of hydrogen-bond acceptors (Lipinski definition) is 5. The first-order valence-corrected chi connectivity index (χ1v) is 7.60. The Labute approximate surface area is 143 Å². The number of rotatable bonds is 5. The first-order valence-electron chi connectivity index (χ1n) is 7.60. The number of carbonyl (C=O) groups excluding carboxylic acids is 1. The Morgan fingerprint density at radius 2 is 1.92 bits per heavy atom. The number of anilines is 1. The third-order valence-corrected chi connectivity index (χ3v) is 3.78. The number of nitro benzene ring substituents is 1. The first kappa shape index (κ1) is 16.4. The summed E-state index contributed by atoms with van der Waals surface area (Å²) in [6, 6.07) is 13.9. The van der Waals surface area contributed by atoms with Crippen LogP contribution in [0.2, 0.25) is 0 Å². The Balaban J connectivity index is 1.99. The van der Waals surface area contributed by atoms with E-state index in [1.54, 1.807) is 42.8 Å². The summed E-state index contributed by atoms with van der Waals surface area (Å²) in [6.07, 6.45) is 3.14. The van der Waals surface area contributed by atoms with Gasteiger partial charge < -0.3 is 4.42 Å². The summed E-state index contributed by atoms with van der Waals surface area (Å²) in [5.41, 5.74) is 0.259. The van der Waals surface area contributed by atoms with Crippen molar-refractivity contribution in [2.75, 3.05) is 4.90 Å². The first-order chi connectivity index (χ1) is 12.1. The molecule has 0 saturated carbocycles. The molecule has 0 bridgehead atoms. The molecule has 1 amide bonds. The number of non-ortho nitro benzene ring substituents is 1. The van der Waals surface area contributed by atoms with Gasteiger partial charge in [0.2, 0.25) is 0 Å². The molecule has 0 unspecified atom stereocenters. The number of amides is 1. The van der Waals surface area contributed by atoms with Crippen molar-refractivity contribution in [3.05, 3.63) is 88.5 Å². The summed E-state index contributed by atoms with van der Waals surface area (Å²) in [5.74, 6) is 0.758. The van der Waals surface area contributed by atoms with Gasteiger partial charge in [0, 0.05) is 23.9 Å². The Bertz CT molecular complexity index is 861. The number of nitrogens with zero attached hydrogens (tertiary/aromatic N) is 3. The zero-order valence-corrected chi connectivity index (χ0v) is 13.4. The number of carbonyl (C=O) groups is 1. The van der Waals surface area contributed by atoms with Gasteiger partial charge in [-0.2, -0.15) is 0 Å². The summed E-state index contributed by atoms with van der Waals surface area (Å²) >= 11 is 0. The molecular weight excluding hydrogens is 322 g/mol. The molecule has 0 saturated heterocycles. The average Bonchev–Trinajstić information content (AvgIpc) is 3.17. The van der Waals surface area contributed by atoms with Crippen molar-refractivity contribution in [3.8, 4) is 0 Å². The maximum absolute atomic E-state index is 13.0. The number of pyridine rings is 1. The highest BCUT2D eigenvalue weighted by Gasteiger charge is 2.27. The average molecular weight is 337 g/mol. The van der Waals surface area contributed by atoms with Crippen LogP contribution in [0.4, 0.5) is 11.5 Å². The Kier molecular flexibility index (Phi) is 4.56. The predicted molar refractivity (Wildman–Crippen MR) is 91.3 cm³/mol. The van der Waals surface area contributed by atoms with Gasteiger partial charge in [0.1, 0.15) is 11.6 Å². The van der Waals surface area contributed by atoms with Crippen molar-refractivity contribution in [2.45, 2.75) is 13.0 Å². The van der Waals surface area contributed by atoms with E-state index in [-0.39, 0.29) is 11.6 Å². The highest BCUT2D eigenvalue weighted by molar-refractivity contribution is 6.06. The van der Waals surface area contributed by atoms with Crippen LogP contribution in [-0.4, -0.2) is 15.8 Å². The summed E-state index contributed by atoms with van der Waals surface area (Å²) in [6.45, 7) is 1.83. The SMILES string of the molecule is C[C@H](c1ccco1)N(C(=O)c1ccc([N+](=O)[O-])cc1)c1ccccn1. The molecule has 3 rings (SSSR count). The Morgan fingerprint density at radius 1 is 1.16 bits per heavy atom. The minimum Gasteiger partial charge on any atom is -0.467 e. The van der Waals surface area contributed by atoms with E-state index in [2.05, 4.69) is 4.98 Å². The zero-order valence-electron chi connectivity index (χ0n) is 13.4. The zero-order chi connectivity index (χ0) is 17.8. The fourth-order valence-corrected chi connectivity index (χ4v) is 2.50. The minimum absolute atomic E-state index is 0.0694. The van der Waals surface area contributed by atoms with Crippen molar-refractivity contribution in [2.24, 2.45) is 0 Å². The van der Waals surface area contributed by atoms with Crippen LogP contribution in [-0.2, 0) is 0 Å². The lowest BCUT2D eigenvalue weighted by molar-refractivity contribution is -0.384. The van der Waals surface area contributed by atoms with E-state index < -0.39 is 11.0 Å². The van der Waals surface area contributed by atoms with Crippen molar-refractivity contribution in [1.29, 1.82) is 0 Å². The largest absolute Gasteiger partial charge is 0.467 e. The van der Waals surface area contributed by atoms with Crippen LogP contribution < -0.4 is 4.90 Å². The fourth-order valence-electron chi connectivity index (χ4n) is 2.50. The van der Waals surface area contributed by atoms with Gasteiger partial charge in [-0.15, -0.1) is 0 Å². The molecule has 126 valence electrons. The Hall–Kier alpha value is -3.48. The molecular formula is C18H15N3O4. The van der Waals surface area contributed by atoms with Crippen molar-refractivity contribution >= 4 is 17.4 Å². The maximum atomic E-state index is 13.0. The normalized spacial score (nSPS) is 11.7. The van der Waals surface area contributed by atoms with E-state index >= 15 is 0 Å². The summed E-state index contributed by atoms with van der Waals surface area (Å²) < 4.78 is 5.42. The van der Waals surface area contributed by atoms with Gasteiger partial charge in [-0.1, -0.05) is 6.07 Å². The van der Waals surface area contributed by atoms with Crippen LogP contribution in [0.25, 0.3) is 0 Å². The van der Waals surface area contributed by atoms with Gasteiger partial charge in [-0.05, 0) is 43.3 Å². The van der Waals surface area contributed by atoms with E-state index in [0.717, 1.165) is 0 Å². The Morgan fingerprint density at radius 3 is 2.48 bits per heavy atom. The van der Waals surface area contributed by atoms with Gasteiger partial charge >= 0.3 is 0 Å². The van der Waals surface area contributed by atoms with E-state index in [9.17, 15) is 14.9 Å². The molecule has 0 aliphatic carbocycles. The number of hydrogen-bond donors (Lipinski definition) is 0. The molecule has 0 aliphatic heterocycles. The molecule has 0 radical (unpaired) electrons. The number of nitro groups is 1. The van der Waals surface area contributed by atoms with Crippen molar-refractivity contribution < 1.29 is 14.1 Å². The van der Waals surface area contributed by atoms with E-state index in [0.29, 0.717) is 17.1 Å². The number of furan rings is 1. The third kappa shape index (κ3) is 3.40. The van der Waals surface area contributed by atoms with Crippen LogP contribution in [0.15, 0.2) is 71.5 Å². The maximum Gasteiger partial charge on any atom is 0.269 e. The van der Waals surface area contributed by atoms with Crippen molar-refractivity contribution in [3.63, 3.8) is 0 Å². The van der Waals surface area contributed by atoms with Crippen LogP contribution in [0.5, 0.6) is 0 Å². The molecule has 0 fully saturated rings. The van der Waals surface area contributed by atoms with Crippen molar-refractivity contribution in [1.82, 2.24) is 4.98 Å². The lowest BCUT2D eigenvalue weighted by Gasteiger charge is -2.27. The second-order valence-corrected chi connectivity index (χ2v) is 5.36. The molecule has 1 atom stereocenters. The molecule has 0 N–H and O–H groups in total. The third-order valence-electron chi connectivity index (χ3n) is 3.78. The van der Waals surface area contributed by atoms with Crippen LogP contribution >= 0.6 is 0 Å². The van der Waals surface area contributed by atoms with E-state index in [4.69, 9.17) is 4.42 Å². The molecule has 3 aromatic rings. The number of aromatic nitrogens is 1. The second kappa shape index (κ2) is 6.96. The van der Waals surface area contributed by atoms with Gasteiger partial charge in [0.15, 0.2) is 0 Å². The minimum atomic E-state index is -0.504. The standard InChI is InChI=1S/C18H15N3O4/c1-13(16-5-4-12-25-16)20(17-6-2-3-11-19-17)18(22)14-7-9-15(10-8-14)21(23)24/h2-13H,1H3/t13-/m1/s1. The van der Waals surface area contributed by atoms with E-state index in [1.807, 2.05) is 6.92 Å². The molecule has 7 nitrogen and oxygen atoms in total. The lowest BCUT2D eigenvalue weighted by Crippen LogP contribution is -2.34.